The maximum atomic E-state index is 3.58. The second-order valence-electron chi connectivity index (χ2n) is 5.54. The molecule has 1 aliphatic rings. The van der Waals surface area contributed by atoms with Crippen LogP contribution in [0.1, 0.15) is 24.8 Å². The fraction of sp³-hybridized carbons (Fsp3) is 0.500. The van der Waals surface area contributed by atoms with Gasteiger partial charge in [0, 0.05) is 36.7 Å². The molecule has 0 bridgehead atoms. The van der Waals surface area contributed by atoms with Gasteiger partial charge in [0.05, 0.1) is 0 Å². The van der Waals surface area contributed by atoms with Crippen molar-refractivity contribution in [3.63, 3.8) is 0 Å². The van der Waals surface area contributed by atoms with Gasteiger partial charge in [-0.3, -0.25) is 0 Å². The van der Waals surface area contributed by atoms with Crippen molar-refractivity contribution in [1.29, 1.82) is 0 Å². The number of aromatic nitrogens is 1. The molecule has 19 heavy (non-hydrogen) atoms. The largest absolute Gasteiger partial charge is 0.350 e. The first-order chi connectivity index (χ1) is 9.34. The Balaban J connectivity index is 1.56. The number of para-hydroxylation sites is 1. The summed E-state index contributed by atoms with van der Waals surface area (Å²) in [6.07, 6.45) is 6.17. The van der Waals surface area contributed by atoms with Crippen LogP contribution >= 0.6 is 0 Å². The van der Waals surface area contributed by atoms with E-state index in [9.17, 15) is 0 Å². The van der Waals surface area contributed by atoms with Crippen LogP contribution < -0.4 is 10.6 Å². The molecule has 0 spiro atoms. The van der Waals surface area contributed by atoms with Crippen molar-refractivity contribution in [3.8, 4) is 0 Å². The summed E-state index contributed by atoms with van der Waals surface area (Å²) in [6.45, 7) is 3.27. The molecular formula is C16H23N3. The Morgan fingerprint density at radius 3 is 3.11 bits per heavy atom. The van der Waals surface area contributed by atoms with E-state index < -0.39 is 0 Å². The van der Waals surface area contributed by atoms with Crippen molar-refractivity contribution in [2.75, 3.05) is 13.1 Å². The second-order valence-corrected chi connectivity index (χ2v) is 5.54. The highest BCUT2D eigenvalue weighted by Gasteiger charge is 2.13. The minimum Gasteiger partial charge on any atom is -0.350 e. The molecule has 3 rings (SSSR count). The molecule has 1 atom stereocenters. The molecule has 102 valence electrons. The Morgan fingerprint density at radius 1 is 1.37 bits per heavy atom. The van der Waals surface area contributed by atoms with Crippen LogP contribution in [0.15, 0.2) is 30.5 Å². The Bertz CT molecular complexity index is 538. The lowest BCUT2D eigenvalue weighted by atomic mass is 10.1. The Kier molecular flexibility index (Phi) is 3.85. The van der Waals surface area contributed by atoms with Gasteiger partial charge in [-0.25, -0.2) is 0 Å². The molecule has 1 aliphatic heterocycles. The summed E-state index contributed by atoms with van der Waals surface area (Å²) in [4.78, 5) is 0. The third kappa shape index (κ3) is 2.82. The lowest BCUT2D eigenvalue weighted by Gasteiger charge is -2.10. The first-order valence-electron chi connectivity index (χ1n) is 7.31. The molecule has 1 fully saturated rings. The van der Waals surface area contributed by atoms with Crippen LogP contribution in [0.4, 0.5) is 0 Å². The van der Waals surface area contributed by atoms with E-state index in [0.717, 1.165) is 19.1 Å². The maximum absolute atomic E-state index is 3.58. The number of nitrogens with zero attached hydrogens (tertiary/aromatic N) is 1. The summed E-state index contributed by atoms with van der Waals surface area (Å²) in [6, 6.07) is 9.35. The van der Waals surface area contributed by atoms with Crippen LogP contribution in [-0.2, 0) is 13.6 Å². The Morgan fingerprint density at radius 2 is 2.26 bits per heavy atom. The molecule has 1 aromatic heterocycles. The average Bonchev–Trinajstić information content (AvgIpc) is 3.04. The minimum atomic E-state index is 0.736. The van der Waals surface area contributed by atoms with Gasteiger partial charge in [0.1, 0.15) is 0 Å². The number of nitrogens with one attached hydrogen (secondary N) is 2. The van der Waals surface area contributed by atoms with Crippen molar-refractivity contribution in [2.45, 2.75) is 31.8 Å². The molecule has 1 saturated heterocycles. The quantitative estimate of drug-likeness (QED) is 0.805. The van der Waals surface area contributed by atoms with Crippen molar-refractivity contribution < 1.29 is 0 Å². The van der Waals surface area contributed by atoms with Gasteiger partial charge in [0.25, 0.3) is 0 Å². The van der Waals surface area contributed by atoms with Crippen LogP contribution in [0.25, 0.3) is 10.9 Å². The fourth-order valence-corrected chi connectivity index (χ4v) is 3.07. The predicted molar refractivity (Wildman–Crippen MR) is 80.3 cm³/mol. The third-order valence-electron chi connectivity index (χ3n) is 4.13. The van der Waals surface area contributed by atoms with Gasteiger partial charge in [-0.05, 0) is 44.0 Å². The predicted octanol–water partition coefficient (Wildman–Crippen LogP) is 2.41. The molecule has 0 radical (unpaired) electrons. The van der Waals surface area contributed by atoms with Crippen molar-refractivity contribution in [3.05, 3.63) is 36.0 Å². The van der Waals surface area contributed by atoms with Gasteiger partial charge in [0.2, 0.25) is 0 Å². The van der Waals surface area contributed by atoms with Gasteiger partial charge in [0.15, 0.2) is 0 Å². The van der Waals surface area contributed by atoms with E-state index in [1.54, 1.807) is 0 Å². The molecule has 0 saturated carbocycles. The van der Waals surface area contributed by atoms with Crippen LogP contribution in [0, 0.1) is 0 Å². The van der Waals surface area contributed by atoms with E-state index in [2.05, 4.69) is 52.7 Å². The summed E-state index contributed by atoms with van der Waals surface area (Å²) in [5.41, 5.74) is 2.72. The van der Waals surface area contributed by atoms with Crippen LogP contribution in [-0.4, -0.2) is 23.7 Å². The molecule has 1 aromatic carbocycles. The highest BCUT2D eigenvalue weighted by Crippen LogP contribution is 2.20. The normalized spacial score (nSPS) is 19.3. The van der Waals surface area contributed by atoms with Gasteiger partial charge >= 0.3 is 0 Å². The zero-order valence-electron chi connectivity index (χ0n) is 11.7. The summed E-state index contributed by atoms with van der Waals surface area (Å²) in [5.74, 6) is 0. The SMILES string of the molecule is Cn1cc(CNCCC2CCCN2)c2ccccc21. The zero-order valence-corrected chi connectivity index (χ0v) is 11.7. The van der Waals surface area contributed by atoms with Gasteiger partial charge < -0.3 is 15.2 Å². The summed E-state index contributed by atoms with van der Waals surface area (Å²) in [5, 5.41) is 8.50. The average molecular weight is 257 g/mol. The molecule has 2 N–H and O–H groups in total. The monoisotopic (exact) mass is 257 g/mol. The van der Waals surface area contributed by atoms with Crippen LogP contribution in [0.2, 0.25) is 0 Å². The number of hydrogen-bond donors (Lipinski definition) is 2. The topological polar surface area (TPSA) is 29.0 Å². The van der Waals surface area contributed by atoms with Gasteiger partial charge in [-0.2, -0.15) is 0 Å². The standard InChI is InChI=1S/C16H23N3/c1-19-12-13(15-6-2-3-7-16(15)19)11-17-10-8-14-5-4-9-18-14/h2-3,6-7,12,14,17-18H,4-5,8-11H2,1H3. The van der Waals surface area contributed by atoms with E-state index in [-0.39, 0.29) is 0 Å². The van der Waals surface area contributed by atoms with Crippen LogP contribution in [0.5, 0.6) is 0 Å². The molecule has 3 nitrogen and oxygen atoms in total. The molecule has 2 aromatic rings. The van der Waals surface area contributed by atoms with Crippen LogP contribution in [0.3, 0.4) is 0 Å². The highest BCUT2D eigenvalue weighted by atomic mass is 15.0. The van der Waals surface area contributed by atoms with Gasteiger partial charge in [-0.1, -0.05) is 18.2 Å². The number of fused-ring (bicyclic) bond motifs is 1. The van der Waals surface area contributed by atoms with Gasteiger partial charge in [-0.15, -0.1) is 0 Å². The van der Waals surface area contributed by atoms with E-state index in [1.807, 2.05) is 0 Å². The second kappa shape index (κ2) is 5.76. The molecule has 3 heteroatoms. The summed E-state index contributed by atoms with van der Waals surface area (Å²) >= 11 is 0. The van der Waals surface area contributed by atoms with E-state index in [1.165, 1.54) is 42.3 Å². The Labute approximate surface area is 115 Å². The fourth-order valence-electron chi connectivity index (χ4n) is 3.07. The number of rotatable bonds is 5. The lowest BCUT2D eigenvalue weighted by molar-refractivity contribution is 0.524. The molecule has 0 aliphatic carbocycles. The summed E-state index contributed by atoms with van der Waals surface area (Å²) < 4.78 is 2.21. The number of benzene rings is 1. The van der Waals surface area contributed by atoms with E-state index in [4.69, 9.17) is 0 Å². The van der Waals surface area contributed by atoms with Crippen molar-refractivity contribution >= 4 is 10.9 Å². The first-order valence-corrected chi connectivity index (χ1v) is 7.31. The molecular weight excluding hydrogens is 234 g/mol. The molecule has 2 heterocycles. The smallest absolute Gasteiger partial charge is 0.0481 e. The van der Waals surface area contributed by atoms with Crippen molar-refractivity contribution in [1.82, 2.24) is 15.2 Å². The summed E-state index contributed by atoms with van der Waals surface area (Å²) in [7, 11) is 2.12. The molecule has 1 unspecified atom stereocenters. The van der Waals surface area contributed by atoms with E-state index in [0.29, 0.717) is 0 Å². The Hall–Kier alpha value is -1.32. The third-order valence-corrected chi connectivity index (χ3v) is 4.13. The lowest BCUT2D eigenvalue weighted by Crippen LogP contribution is -2.26. The van der Waals surface area contributed by atoms with E-state index >= 15 is 0 Å². The number of aryl methyl sites for hydroxylation is 1. The first kappa shape index (κ1) is 12.7. The zero-order chi connectivity index (χ0) is 13.1. The highest BCUT2D eigenvalue weighted by molar-refractivity contribution is 5.83. The number of hydrogen-bond acceptors (Lipinski definition) is 2. The maximum Gasteiger partial charge on any atom is 0.0481 e. The minimum absolute atomic E-state index is 0.736. The molecule has 0 amide bonds. The van der Waals surface area contributed by atoms with Crippen molar-refractivity contribution in [2.24, 2.45) is 7.05 Å².